The Labute approximate surface area is 110 Å². The molecule has 2 heterocycles. The number of amidine groups is 1. The molecule has 1 aliphatic heterocycles. The van der Waals surface area contributed by atoms with Gasteiger partial charge in [0.15, 0.2) is 5.84 Å². The second kappa shape index (κ2) is 4.29. The van der Waals surface area contributed by atoms with Gasteiger partial charge in [0.05, 0.1) is 5.56 Å². The number of aromatic nitrogens is 1. The van der Waals surface area contributed by atoms with Crippen molar-refractivity contribution in [2.24, 2.45) is 4.99 Å². The van der Waals surface area contributed by atoms with E-state index in [1.165, 1.54) is 12.3 Å². The zero-order chi connectivity index (χ0) is 15.1. The van der Waals surface area contributed by atoms with Crippen LogP contribution in [0.1, 0.15) is 23.0 Å². The Morgan fingerprint density at radius 2 is 2.10 bits per heavy atom. The Bertz CT molecular complexity index is 627. The lowest BCUT2D eigenvalue weighted by atomic mass is 10.0. The fourth-order valence-electron chi connectivity index (χ4n) is 1.60. The fourth-order valence-corrected chi connectivity index (χ4v) is 1.60. The number of carbonyl (C=O) groups is 2. The summed E-state index contributed by atoms with van der Waals surface area (Å²) in [5.41, 5.74) is -3.55. The Balaban J connectivity index is 2.46. The van der Waals surface area contributed by atoms with Crippen LogP contribution in [0, 0.1) is 0 Å². The molecule has 0 spiro atoms. The molecule has 2 N–H and O–H groups in total. The smallest absolute Gasteiger partial charge is 0.420 e. The van der Waals surface area contributed by atoms with Crippen LogP contribution in [0.25, 0.3) is 0 Å². The van der Waals surface area contributed by atoms with Gasteiger partial charge >= 0.3 is 12.1 Å². The van der Waals surface area contributed by atoms with E-state index < -0.39 is 29.4 Å². The summed E-state index contributed by atoms with van der Waals surface area (Å²) in [5.74, 6) is -3.33. The van der Waals surface area contributed by atoms with E-state index >= 15 is 0 Å². The Kier molecular flexibility index (Phi) is 2.99. The topological polar surface area (TPSA) is 91.7 Å². The number of hydrogen-bond acceptors (Lipinski definition) is 4. The van der Waals surface area contributed by atoms with Crippen molar-refractivity contribution in [3.63, 3.8) is 0 Å². The minimum Gasteiger partial charge on any atom is -0.478 e. The molecular formula is C11H8F3N3O3. The summed E-state index contributed by atoms with van der Waals surface area (Å²) < 4.78 is 38.6. The fraction of sp³-hybridized carbons (Fsp3) is 0.273. The summed E-state index contributed by atoms with van der Waals surface area (Å²) in [7, 11) is 0. The van der Waals surface area contributed by atoms with Gasteiger partial charge in [0.25, 0.3) is 5.91 Å². The molecule has 0 radical (unpaired) electrons. The number of nitrogens with zero attached hydrogens (tertiary/aromatic N) is 2. The first-order valence-corrected chi connectivity index (χ1v) is 5.33. The highest BCUT2D eigenvalue weighted by atomic mass is 19.4. The van der Waals surface area contributed by atoms with Crippen LogP contribution in [0.3, 0.4) is 0 Å². The van der Waals surface area contributed by atoms with Crippen LogP contribution in [-0.2, 0) is 4.79 Å². The van der Waals surface area contributed by atoms with Gasteiger partial charge in [-0.2, -0.15) is 18.2 Å². The highest BCUT2D eigenvalue weighted by Gasteiger charge is 2.60. The SMILES string of the molecule is CC1(C(F)(F)F)NC(c2ncccc2C(=O)O)=NC1=O. The Hall–Kier alpha value is -2.45. The van der Waals surface area contributed by atoms with Gasteiger partial charge in [-0.1, -0.05) is 0 Å². The van der Waals surface area contributed by atoms with Crippen molar-refractivity contribution in [2.75, 3.05) is 0 Å². The maximum absolute atomic E-state index is 12.9. The van der Waals surface area contributed by atoms with Crippen molar-refractivity contribution in [2.45, 2.75) is 18.6 Å². The number of carboxylic acids is 1. The third-order valence-electron chi connectivity index (χ3n) is 2.84. The summed E-state index contributed by atoms with van der Waals surface area (Å²) in [6.07, 6.45) is -3.67. The van der Waals surface area contributed by atoms with E-state index in [1.807, 2.05) is 5.32 Å². The van der Waals surface area contributed by atoms with Crippen molar-refractivity contribution < 1.29 is 27.9 Å². The highest BCUT2D eigenvalue weighted by molar-refractivity contribution is 6.16. The number of alkyl halides is 3. The normalized spacial score (nSPS) is 22.4. The van der Waals surface area contributed by atoms with E-state index in [0.29, 0.717) is 6.92 Å². The molecule has 0 bridgehead atoms. The molecule has 0 saturated heterocycles. The highest BCUT2D eigenvalue weighted by Crippen LogP contribution is 2.34. The van der Waals surface area contributed by atoms with Crippen molar-refractivity contribution in [3.8, 4) is 0 Å². The van der Waals surface area contributed by atoms with Crippen LogP contribution in [0.15, 0.2) is 23.3 Å². The first-order chi connectivity index (χ1) is 9.17. The Morgan fingerprint density at radius 3 is 2.60 bits per heavy atom. The number of carboxylic acid groups (broad SMARTS) is 1. The van der Waals surface area contributed by atoms with Gasteiger partial charge < -0.3 is 10.4 Å². The number of carbonyl (C=O) groups excluding carboxylic acids is 1. The third-order valence-corrected chi connectivity index (χ3v) is 2.84. The van der Waals surface area contributed by atoms with Crippen LogP contribution in [0.5, 0.6) is 0 Å². The van der Waals surface area contributed by atoms with Crippen LogP contribution in [0.2, 0.25) is 0 Å². The zero-order valence-electron chi connectivity index (χ0n) is 10.0. The van der Waals surface area contributed by atoms with Gasteiger partial charge in [-0.05, 0) is 19.1 Å². The average Bonchev–Trinajstić information content (AvgIpc) is 2.66. The predicted molar refractivity (Wildman–Crippen MR) is 60.3 cm³/mol. The molecule has 1 aromatic rings. The third kappa shape index (κ3) is 2.00. The van der Waals surface area contributed by atoms with E-state index in [0.717, 1.165) is 6.07 Å². The molecule has 0 fully saturated rings. The van der Waals surface area contributed by atoms with Crippen molar-refractivity contribution >= 4 is 17.7 Å². The molecule has 0 aromatic carbocycles. The van der Waals surface area contributed by atoms with Crippen molar-refractivity contribution in [1.29, 1.82) is 0 Å². The van der Waals surface area contributed by atoms with Gasteiger partial charge in [0.2, 0.25) is 5.54 Å². The quantitative estimate of drug-likeness (QED) is 0.846. The monoisotopic (exact) mass is 287 g/mol. The number of nitrogens with one attached hydrogen (secondary N) is 1. The van der Waals surface area contributed by atoms with E-state index in [9.17, 15) is 22.8 Å². The van der Waals surface area contributed by atoms with Gasteiger partial charge in [0.1, 0.15) is 5.69 Å². The molecule has 1 aromatic heterocycles. The molecule has 1 amide bonds. The molecule has 1 aliphatic rings. The van der Waals surface area contributed by atoms with Gasteiger partial charge in [0, 0.05) is 6.20 Å². The number of hydrogen-bond donors (Lipinski definition) is 2. The van der Waals surface area contributed by atoms with Crippen molar-refractivity contribution in [3.05, 3.63) is 29.6 Å². The van der Waals surface area contributed by atoms with Gasteiger partial charge in [-0.25, -0.2) is 4.79 Å². The summed E-state index contributed by atoms with van der Waals surface area (Å²) in [6.45, 7) is 0.634. The second-order valence-electron chi connectivity index (χ2n) is 4.22. The summed E-state index contributed by atoms with van der Waals surface area (Å²) in [5, 5.41) is 10.9. The number of rotatable bonds is 2. The lowest BCUT2D eigenvalue weighted by Gasteiger charge is -2.25. The molecule has 9 heteroatoms. The maximum atomic E-state index is 12.9. The number of aromatic carboxylic acids is 1. The first kappa shape index (κ1) is 14.0. The number of aliphatic imine (C=N–C) groups is 1. The van der Waals surface area contributed by atoms with E-state index in [2.05, 4.69) is 9.98 Å². The molecule has 6 nitrogen and oxygen atoms in total. The molecule has 0 saturated carbocycles. The summed E-state index contributed by atoms with van der Waals surface area (Å²) >= 11 is 0. The second-order valence-corrected chi connectivity index (χ2v) is 4.22. The zero-order valence-corrected chi connectivity index (χ0v) is 10.0. The predicted octanol–water partition coefficient (Wildman–Crippen LogP) is 0.977. The number of amides is 1. The summed E-state index contributed by atoms with van der Waals surface area (Å²) in [6, 6.07) is 2.47. The molecule has 20 heavy (non-hydrogen) atoms. The van der Waals surface area contributed by atoms with Crippen LogP contribution >= 0.6 is 0 Å². The molecule has 0 aliphatic carbocycles. The van der Waals surface area contributed by atoms with E-state index in [-0.39, 0.29) is 11.3 Å². The van der Waals surface area contributed by atoms with Crippen LogP contribution < -0.4 is 5.32 Å². The lowest BCUT2D eigenvalue weighted by Crippen LogP contribution is -2.57. The van der Waals surface area contributed by atoms with Crippen LogP contribution in [-0.4, -0.2) is 39.5 Å². The van der Waals surface area contributed by atoms with Gasteiger partial charge in [-0.3, -0.25) is 9.78 Å². The van der Waals surface area contributed by atoms with Gasteiger partial charge in [-0.15, -0.1) is 0 Å². The molecule has 106 valence electrons. The molecule has 1 atom stereocenters. The van der Waals surface area contributed by atoms with E-state index in [1.54, 1.807) is 0 Å². The number of pyridine rings is 1. The standard InChI is InChI=1S/C11H8F3N3O3/c1-10(11(12,13)14)9(20)16-7(17-10)6-5(8(18)19)3-2-4-15-6/h2-4H,1H3,(H,18,19)(H,16,17,20). The molecule has 1 unspecified atom stereocenters. The first-order valence-electron chi connectivity index (χ1n) is 5.33. The number of halogens is 3. The largest absolute Gasteiger partial charge is 0.478 e. The minimum absolute atomic E-state index is 0.318. The van der Waals surface area contributed by atoms with Crippen molar-refractivity contribution in [1.82, 2.24) is 10.3 Å². The minimum atomic E-state index is -4.87. The Morgan fingerprint density at radius 1 is 1.45 bits per heavy atom. The van der Waals surface area contributed by atoms with E-state index in [4.69, 9.17) is 5.11 Å². The lowest BCUT2D eigenvalue weighted by molar-refractivity contribution is -0.188. The molecule has 2 rings (SSSR count). The average molecular weight is 287 g/mol. The molecular weight excluding hydrogens is 279 g/mol. The maximum Gasteiger partial charge on any atom is 0.420 e. The van der Waals surface area contributed by atoms with Crippen LogP contribution in [0.4, 0.5) is 13.2 Å². The summed E-state index contributed by atoms with van der Waals surface area (Å²) in [4.78, 5) is 29.4.